The highest BCUT2D eigenvalue weighted by molar-refractivity contribution is 5.87. The van der Waals surface area contributed by atoms with Gasteiger partial charge in [-0.05, 0) is 13.8 Å². The number of halogens is 6. The zero-order chi connectivity index (χ0) is 14.2. The number of carboxylic acid groups (broad SMARTS) is 1. The van der Waals surface area contributed by atoms with Crippen LogP contribution in [0.2, 0.25) is 0 Å². The summed E-state index contributed by atoms with van der Waals surface area (Å²) in [4.78, 5) is 10.4. The summed E-state index contributed by atoms with van der Waals surface area (Å²) in [6.07, 6.45) is -4.61. The first-order valence-corrected chi connectivity index (χ1v) is 4.26. The molecule has 0 aliphatic heterocycles. The fourth-order valence-corrected chi connectivity index (χ4v) is 1.01. The lowest BCUT2D eigenvalue weighted by Crippen LogP contribution is -2.56. The van der Waals surface area contributed by atoms with Gasteiger partial charge in [-0.2, -0.15) is 17.6 Å². The van der Waals surface area contributed by atoms with E-state index in [1.807, 2.05) is 0 Å². The summed E-state index contributed by atoms with van der Waals surface area (Å²) in [5.74, 6) is -12.8. The highest BCUT2D eigenvalue weighted by Crippen LogP contribution is 2.52. The van der Waals surface area contributed by atoms with Crippen molar-refractivity contribution in [3.8, 4) is 0 Å². The second-order valence-corrected chi connectivity index (χ2v) is 3.91. The maximum atomic E-state index is 13.3. The number of carbonyl (C=O) groups is 1. The van der Waals surface area contributed by atoms with Crippen LogP contribution in [-0.4, -0.2) is 29.3 Å². The third kappa shape index (κ3) is 2.25. The van der Waals surface area contributed by atoms with Crippen LogP contribution in [0.25, 0.3) is 0 Å². The van der Waals surface area contributed by atoms with Crippen molar-refractivity contribution in [3.05, 3.63) is 12.2 Å². The van der Waals surface area contributed by atoms with Gasteiger partial charge >= 0.3 is 24.2 Å². The van der Waals surface area contributed by atoms with Gasteiger partial charge in [0.1, 0.15) is 0 Å². The molecule has 0 aliphatic rings. The smallest absolute Gasteiger partial charge is 0.370 e. The Labute approximate surface area is 92.9 Å². The van der Waals surface area contributed by atoms with Crippen molar-refractivity contribution in [3.63, 3.8) is 0 Å². The van der Waals surface area contributed by atoms with Crippen LogP contribution in [-0.2, 0) is 4.79 Å². The van der Waals surface area contributed by atoms with Gasteiger partial charge in [0.2, 0.25) is 0 Å². The molecule has 8 heteroatoms. The lowest BCUT2D eigenvalue weighted by Gasteiger charge is -2.38. The van der Waals surface area contributed by atoms with Crippen molar-refractivity contribution in [2.24, 2.45) is 5.41 Å². The number of carboxylic acids is 1. The summed E-state index contributed by atoms with van der Waals surface area (Å²) >= 11 is 0. The van der Waals surface area contributed by atoms with Gasteiger partial charge in [-0.1, -0.05) is 6.58 Å². The lowest BCUT2D eigenvalue weighted by molar-refractivity contribution is -0.295. The van der Waals surface area contributed by atoms with E-state index in [2.05, 4.69) is 6.58 Å². The molecule has 0 saturated carbocycles. The predicted octanol–water partition coefficient (Wildman–Crippen LogP) is 3.19. The molecule has 17 heavy (non-hydrogen) atoms. The van der Waals surface area contributed by atoms with E-state index in [0.717, 1.165) is 0 Å². The quantitative estimate of drug-likeness (QED) is 0.611. The number of aliphatic carboxylic acids is 1. The summed E-state index contributed by atoms with van der Waals surface area (Å²) < 4.78 is 75.8. The van der Waals surface area contributed by atoms with Gasteiger partial charge in [-0.25, -0.2) is 13.6 Å². The summed E-state index contributed by atoms with van der Waals surface area (Å²) in [6, 6.07) is 0. The number of hydrogen-bond donors (Lipinski definition) is 1. The molecule has 0 rings (SSSR count). The Hall–Kier alpha value is -1.21. The van der Waals surface area contributed by atoms with Crippen molar-refractivity contribution in [1.82, 2.24) is 0 Å². The Morgan fingerprint density at radius 1 is 1.18 bits per heavy atom. The Bertz CT molecular complexity index is 334. The van der Waals surface area contributed by atoms with Crippen LogP contribution in [0.5, 0.6) is 0 Å². The van der Waals surface area contributed by atoms with E-state index in [0.29, 0.717) is 13.8 Å². The van der Waals surface area contributed by atoms with E-state index in [1.54, 1.807) is 0 Å². The largest absolute Gasteiger partial charge is 0.478 e. The van der Waals surface area contributed by atoms with E-state index < -0.39 is 35.2 Å². The highest BCUT2D eigenvalue weighted by atomic mass is 19.3. The average Bonchev–Trinajstić information content (AvgIpc) is 2.15. The van der Waals surface area contributed by atoms with E-state index in [4.69, 9.17) is 5.11 Å². The normalized spacial score (nSPS) is 13.9. The number of alkyl halides is 6. The minimum Gasteiger partial charge on any atom is -0.478 e. The molecule has 0 radical (unpaired) electrons. The van der Waals surface area contributed by atoms with Gasteiger partial charge in [0.15, 0.2) is 0 Å². The van der Waals surface area contributed by atoms with Crippen LogP contribution in [0.15, 0.2) is 12.2 Å². The van der Waals surface area contributed by atoms with E-state index in [-0.39, 0.29) is 0 Å². The number of hydrogen-bond acceptors (Lipinski definition) is 1. The fraction of sp³-hybridized carbons (Fsp3) is 0.667. The maximum absolute atomic E-state index is 13.3. The monoisotopic (exact) mass is 264 g/mol. The first-order chi connectivity index (χ1) is 7.30. The van der Waals surface area contributed by atoms with Crippen molar-refractivity contribution >= 4 is 5.97 Å². The van der Waals surface area contributed by atoms with Crippen molar-refractivity contribution < 1.29 is 36.2 Å². The van der Waals surface area contributed by atoms with Crippen LogP contribution in [0.1, 0.15) is 13.8 Å². The van der Waals surface area contributed by atoms with Gasteiger partial charge in [-0.3, -0.25) is 0 Å². The molecule has 0 bridgehead atoms. The van der Waals surface area contributed by atoms with Crippen LogP contribution < -0.4 is 0 Å². The summed E-state index contributed by atoms with van der Waals surface area (Å²) in [6.45, 7) is 3.54. The van der Waals surface area contributed by atoms with Gasteiger partial charge < -0.3 is 5.11 Å². The molecule has 0 amide bonds. The van der Waals surface area contributed by atoms with Crippen molar-refractivity contribution in [2.75, 3.05) is 0 Å². The van der Waals surface area contributed by atoms with Crippen LogP contribution in [0.3, 0.4) is 0 Å². The fourth-order valence-electron chi connectivity index (χ4n) is 1.01. The zero-order valence-corrected chi connectivity index (χ0v) is 8.91. The Kier molecular flexibility index (Phi) is 3.93. The molecule has 0 aromatic heterocycles. The van der Waals surface area contributed by atoms with Crippen molar-refractivity contribution in [2.45, 2.75) is 32.1 Å². The van der Waals surface area contributed by atoms with Gasteiger partial charge in [0.25, 0.3) is 0 Å². The van der Waals surface area contributed by atoms with Crippen LogP contribution >= 0.6 is 0 Å². The molecule has 100 valence electrons. The molecule has 0 unspecified atom stereocenters. The summed E-state index contributed by atoms with van der Waals surface area (Å²) in [7, 11) is 0. The Morgan fingerprint density at radius 2 is 1.53 bits per heavy atom. The summed E-state index contributed by atoms with van der Waals surface area (Å²) in [5, 5.41) is 8.42. The number of rotatable bonds is 5. The topological polar surface area (TPSA) is 37.3 Å². The molecule has 0 fully saturated rings. The molecular weight excluding hydrogens is 254 g/mol. The Morgan fingerprint density at radius 3 is 1.76 bits per heavy atom. The molecule has 0 aromatic rings. The first-order valence-electron chi connectivity index (χ1n) is 4.26. The average molecular weight is 264 g/mol. The van der Waals surface area contributed by atoms with Gasteiger partial charge in [0, 0.05) is 5.57 Å². The van der Waals surface area contributed by atoms with Gasteiger partial charge in [0.05, 0.1) is 5.41 Å². The molecule has 0 spiro atoms. The highest BCUT2D eigenvalue weighted by Gasteiger charge is 2.70. The molecule has 1 N–H and O–H groups in total. The van der Waals surface area contributed by atoms with E-state index >= 15 is 0 Å². The third-order valence-corrected chi connectivity index (χ3v) is 2.49. The van der Waals surface area contributed by atoms with Crippen molar-refractivity contribution in [1.29, 1.82) is 0 Å². The third-order valence-electron chi connectivity index (χ3n) is 2.49. The van der Waals surface area contributed by atoms with E-state index in [9.17, 15) is 31.1 Å². The lowest BCUT2D eigenvalue weighted by atomic mass is 9.76. The molecule has 0 aliphatic carbocycles. The predicted molar refractivity (Wildman–Crippen MR) is 46.5 cm³/mol. The molecular formula is C9H10F6O2. The summed E-state index contributed by atoms with van der Waals surface area (Å²) in [5.41, 5.74) is -4.29. The van der Waals surface area contributed by atoms with E-state index in [1.165, 1.54) is 0 Å². The Balaban J connectivity index is 5.60. The molecule has 0 atom stereocenters. The van der Waals surface area contributed by atoms with Gasteiger partial charge in [-0.15, -0.1) is 0 Å². The SMILES string of the molecule is C=C(C(=O)O)C(C)(C)C(F)(F)C(F)(F)C(F)F. The minimum absolute atomic E-state index is 0.416. The van der Waals surface area contributed by atoms with Crippen LogP contribution in [0, 0.1) is 5.41 Å². The molecule has 0 saturated heterocycles. The maximum Gasteiger partial charge on any atom is 0.370 e. The first kappa shape index (κ1) is 15.8. The van der Waals surface area contributed by atoms with Crippen LogP contribution in [0.4, 0.5) is 26.3 Å². The molecule has 0 heterocycles. The molecule has 0 aromatic carbocycles. The minimum atomic E-state index is -5.64. The standard InChI is InChI=1S/C9H10F6O2/c1-4(5(16)17)7(2,3)9(14,15)8(12,13)6(10)11/h6H,1H2,2-3H3,(H,16,17). The second kappa shape index (κ2) is 4.23. The second-order valence-electron chi connectivity index (χ2n) is 3.91. The molecule has 2 nitrogen and oxygen atoms in total. The zero-order valence-electron chi connectivity index (χ0n) is 8.91.